The van der Waals surface area contributed by atoms with Crippen molar-refractivity contribution < 1.29 is 21.6 Å². The number of hydrogen-bond donors (Lipinski definition) is 1. The SMILES string of the molecule is Cc1cccc(C)c1N(Cc1ccc(C(=O)N[C@@H](C)c2ccc(S(C)(=O)=O)cc2)cc1)S(C)(=O)=O. The minimum Gasteiger partial charge on any atom is -0.346 e. The van der Waals surface area contributed by atoms with E-state index >= 15 is 0 Å². The minimum absolute atomic E-state index is 0.148. The van der Waals surface area contributed by atoms with Crippen LogP contribution in [0.4, 0.5) is 5.69 Å². The number of para-hydroxylation sites is 1. The molecule has 0 bridgehead atoms. The lowest BCUT2D eigenvalue weighted by atomic mass is 10.1. The second kappa shape index (κ2) is 10.2. The van der Waals surface area contributed by atoms with E-state index in [4.69, 9.17) is 0 Å². The predicted octanol–water partition coefficient (Wildman–Crippen LogP) is 4.16. The number of anilines is 1. The fourth-order valence-corrected chi connectivity index (χ4v) is 5.49. The third-order valence-corrected chi connectivity index (χ3v) is 8.03. The van der Waals surface area contributed by atoms with Crippen LogP contribution in [-0.2, 0) is 26.4 Å². The highest BCUT2D eigenvalue weighted by molar-refractivity contribution is 7.92. The average molecular weight is 515 g/mol. The summed E-state index contributed by atoms with van der Waals surface area (Å²) in [5.74, 6) is -0.286. The van der Waals surface area contributed by atoms with Gasteiger partial charge in [0.15, 0.2) is 9.84 Å². The molecule has 0 saturated carbocycles. The lowest BCUT2D eigenvalue weighted by Crippen LogP contribution is -2.30. The topological polar surface area (TPSA) is 101 Å². The van der Waals surface area contributed by atoms with E-state index in [1.165, 1.54) is 22.7 Å². The second-order valence-electron chi connectivity index (χ2n) is 8.74. The molecule has 0 saturated heterocycles. The van der Waals surface area contributed by atoms with Crippen LogP contribution in [-0.4, -0.2) is 35.3 Å². The quantitative estimate of drug-likeness (QED) is 0.486. The molecule has 0 unspecified atom stereocenters. The monoisotopic (exact) mass is 514 g/mol. The van der Waals surface area contributed by atoms with Crippen molar-refractivity contribution >= 4 is 31.5 Å². The highest BCUT2D eigenvalue weighted by atomic mass is 32.2. The van der Waals surface area contributed by atoms with E-state index in [1.807, 2.05) is 39.0 Å². The second-order valence-corrected chi connectivity index (χ2v) is 12.7. The summed E-state index contributed by atoms with van der Waals surface area (Å²) < 4.78 is 49.8. The molecule has 0 aliphatic rings. The van der Waals surface area contributed by atoms with Crippen LogP contribution in [0.1, 0.15) is 45.6 Å². The molecule has 1 amide bonds. The van der Waals surface area contributed by atoms with Gasteiger partial charge in [0, 0.05) is 11.8 Å². The average Bonchev–Trinajstić information content (AvgIpc) is 2.77. The summed E-state index contributed by atoms with van der Waals surface area (Å²) in [5.41, 5.74) is 4.35. The molecule has 0 aromatic heterocycles. The zero-order valence-electron chi connectivity index (χ0n) is 20.4. The van der Waals surface area contributed by atoms with Gasteiger partial charge in [-0.05, 0) is 67.3 Å². The Labute approximate surface area is 207 Å². The van der Waals surface area contributed by atoms with Crippen molar-refractivity contribution in [3.05, 3.63) is 94.5 Å². The third kappa shape index (κ3) is 6.49. The van der Waals surface area contributed by atoms with E-state index in [0.29, 0.717) is 11.3 Å². The van der Waals surface area contributed by atoms with Crippen LogP contribution in [0.15, 0.2) is 71.6 Å². The number of carbonyl (C=O) groups excluding carboxylic acids is 1. The maximum absolute atomic E-state index is 12.7. The molecular formula is C26H30N2O5S2. The van der Waals surface area contributed by atoms with Crippen molar-refractivity contribution in [2.45, 2.75) is 38.3 Å². The molecule has 35 heavy (non-hydrogen) atoms. The zero-order chi connectivity index (χ0) is 26.0. The molecular weight excluding hydrogens is 484 g/mol. The Bertz CT molecular complexity index is 1410. The number of nitrogens with one attached hydrogen (secondary N) is 1. The molecule has 0 aliphatic carbocycles. The Balaban J connectivity index is 1.74. The van der Waals surface area contributed by atoms with Crippen molar-refractivity contribution in [1.82, 2.24) is 5.32 Å². The van der Waals surface area contributed by atoms with Gasteiger partial charge in [0.25, 0.3) is 5.91 Å². The Hall–Kier alpha value is -3.17. The van der Waals surface area contributed by atoms with Crippen LogP contribution in [0.3, 0.4) is 0 Å². The van der Waals surface area contributed by atoms with E-state index in [0.717, 1.165) is 28.5 Å². The summed E-state index contributed by atoms with van der Waals surface area (Å²) in [5, 5.41) is 2.90. The first-order valence-electron chi connectivity index (χ1n) is 11.0. The maximum Gasteiger partial charge on any atom is 0.251 e. The van der Waals surface area contributed by atoms with Crippen LogP contribution < -0.4 is 9.62 Å². The van der Waals surface area contributed by atoms with Crippen LogP contribution in [0.25, 0.3) is 0 Å². The molecule has 1 N–H and O–H groups in total. The largest absolute Gasteiger partial charge is 0.346 e. The molecule has 0 spiro atoms. The molecule has 1 atom stereocenters. The highest BCUT2D eigenvalue weighted by Gasteiger charge is 2.22. The van der Waals surface area contributed by atoms with Crippen LogP contribution in [0, 0.1) is 13.8 Å². The van der Waals surface area contributed by atoms with Crippen LogP contribution in [0.5, 0.6) is 0 Å². The first-order chi connectivity index (χ1) is 16.3. The molecule has 0 aliphatic heterocycles. The van der Waals surface area contributed by atoms with Crippen molar-refractivity contribution in [2.24, 2.45) is 0 Å². The third-order valence-electron chi connectivity index (χ3n) is 5.79. The normalized spacial score (nSPS) is 12.7. The zero-order valence-corrected chi connectivity index (χ0v) is 22.1. The summed E-state index contributed by atoms with van der Waals surface area (Å²) in [6, 6.07) is 18.5. The van der Waals surface area contributed by atoms with Crippen molar-refractivity contribution in [1.29, 1.82) is 0 Å². The summed E-state index contributed by atoms with van der Waals surface area (Å²) in [6.07, 6.45) is 2.33. The summed E-state index contributed by atoms with van der Waals surface area (Å²) in [4.78, 5) is 13.0. The molecule has 3 rings (SSSR count). The van der Waals surface area contributed by atoms with Gasteiger partial charge in [-0.3, -0.25) is 9.10 Å². The number of sulfone groups is 1. The molecule has 0 fully saturated rings. The first kappa shape index (κ1) is 26.4. The molecule has 0 radical (unpaired) electrons. The Kier molecular flexibility index (Phi) is 7.71. The number of aryl methyl sites for hydroxylation is 2. The van der Waals surface area contributed by atoms with E-state index < -0.39 is 19.9 Å². The van der Waals surface area contributed by atoms with Gasteiger partial charge in [-0.15, -0.1) is 0 Å². The summed E-state index contributed by atoms with van der Waals surface area (Å²) in [6.45, 7) is 5.72. The maximum atomic E-state index is 12.7. The van der Waals surface area contributed by atoms with E-state index in [2.05, 4.69) is 5.32 Å². The van der Waals surface area contributed by atoms with E-state index in [9.17, 15) is 21.6 Å². The van der Waals surface area contributed by atoms with Gasteiger partial charge in [0.1, 0.15) is 0 Å². The van der Waals surface area contributed by atoms with E-state index in [1.54, 1.807) is 36.4 Å². The molecule has 7 nitrogen and oxygen atoms in total. The summed E-state index contributed by atoms with van der Waals surface area (Å²) >= 11 is 0. The van der Waals surface area contributed by atoms with Crippen molar-refractivity contribution in [3.8, 4) is 0 Å². The van der Waals surface area contributed by atoms with Gasteiger partial charge in [-0.25, -0.2) is 16.8 Å². The lowest BCUT2D eigenvalue weighted by molar-refractivity contribution is 0.0940. The van der Waals surface area contributed by atoms with Gasteiger partial charge < -0.3 is 5.32 Å². The van der Waals surface area contributed by atoms with Gasteiger partial charge in [-0.2, -0.15) is 0 Å². The van der Waals surface area contributed by atoms with Gasteiger partial charge in [0.2, 0.25) is 10.0 Å². The standard InChI is InChI=1S/C26H30N2O5S2/c1-18-7-6-8-19(2)25(18)28(35(5,32)33)17-21-9-11-23(12-10-21)26(29)27-20(3)22-13-15-24(16-14-22)34(4,30)31/h6-16,20H,17H2,1-5H3,(H,27,29)/t20-/m0/s1. The first-order valence-corrected chi connectivity index (χ1v) is 14.7. The molecule has 9 heteroatoms. The smallest absolute Gasteiger partial charge is 0.251 e. The number of benzene rings is 3. The molecule has 3 aromatic rings. The number of rotatable bonds is 8. The van der Waals surface area contributed by atoms with Gasteiger partial charge in [0.05, 0.1) is 29.4 Å². The Morgan fingerprint density at radius 1 is 0.857 bits per heavy atom. The number of hydrogen-bond acceptors (Lipinski definition) is 5. The minimum atomic E-state index is -3.53. The molecule has 186 valence electrons. The van der Waals surface area contributed by atoms with Crippen molar-refractivity contribution in [2.75, 3.05) is 16.8 Å². The molecule has 0 heterocycles. The number of sulfonamides is 1. The molecule has 3 aromatic carbocycles. The fraction of sp³-hybridized carbons (Fsp3) is 0.269. The van der Waals surface area contributed by atoms with Gasteiger partial charge in [-0.1, -0.05) is 42.5 Å². The Morgan fingerprint density at radius 2 is 1.40 bits per heavy atom. The van der Waals surface area contributed by atoms with Crippen LogP contribution >= 0.6 is 0 Å². The van der Waals surface area contributed by atoms with Gasteiger partial charge >= 0.3 is 0 Å². The number of amides is 1. The highest BCUT2D eigenvalue weighted by Crippen LogP contribution is 2.28. The predicted molar refractivity (Wildman–Crippen MR) is 139 cm³/mol. The number of carbonyl (C=O) groups is 1. The fourth-order valence-electron chi connectivity index (χ4n) is 3.86. The van der Waals surface area contributed by atoms with E-state index in [-0.39, 0.29) is 23.4 Å². The lowest BCUT2D eigenvalue weighted by Gasteiger charge is -2.26. The Morgan fingerprint density at radius 3 is 1.89 bits per heavy atom. The van der Waals surface area contributed by atoms with Crippen LogP contribution in [0.2, 0.25) is 0 Å². The summed E-state index contributed by atoms with van der Waals surface area (Å²) in [7, 11) is -6.81. The number of nitrogens with zero attached hydrogens (tertiary/aromatic N) is 1. The van der Waals surface area contributed by atoms with Crippen molar-refractivity contribution in [3.63, 3.8) is 0 Å².